The molecule has 4 unspecified atom stereocenters. The first-order chi connectivity index (χ1) is 9.71. The van der Waals surface area contributed by atoms with Gasteiger partial charge < -0.3 is 5.32 Å². The van der Waals surface area contributed by atoms with Gasteiger partial charge >= 0.3 is 0 Å². The second kappa shape index (κ2) is 5.88. The number of fused-ring (bicyclic) bond motifs is 2. The lowest BCUT2D eigenvalue weighted by Crippen LogP contribution is -2.40. The van der Waals surface area contributed by atoms with Gasteiger partial charge in [-0.2, -0.15) is 5.10 Å². The molecule has 0 spiro atoms. The molecule has 3 rings (SSSR count). The van der Waals surface area contributed by atoms with Crippen LogP contribution >= 0.6 is 0 Å². The van der Waals surface area contributed by atoms with Crippen molar-refractivity contribution < 1.29 is 0 Å². The lowest BCUT2D eigenvalue weighted by molar-refractivity contribution is 0.247. The first-order valence-corrected chi connectivity index (χ1v) is 8.46. The van der Waals surface area contributed by atoms with E-state index >= 15 is 0 Å². The van der Waals surface area contributed by atoms with Gasteiger partial charge in [0.1, 0.15) is 0 Å². The van der Waals surface area contributed by atoms with Gasteiger partial charge in [0, 0.05) is 25.2 Å². The third-order valence-corrected chi connectivity index (χ3v) is 5.59. The minimum Gasteiger partial charge on any atom is -0.314 e. The molecule has 20 heavy (non-hydrogen) atoms. The average Bonchev–Trinajstić information content (AvgIpc) is 3.14. The summed E-state index contributed by atoms with van der Waals surface area (Å²) >= 11 is 0. The van der Waals surface area contributed by atoms with Gasteiger partial charge in [-0.3, -0.25) is 4.68 Å². The summed E-state index contributed by atoms with van der Waals surface area (Å²) in [6.07, 6.45) is 8.10. The van der Waals surface area contributed by atoms with Crippen molar-refractivity contribution in [2.45, 2.75) is 58.4 Å². The Morgan fingerprint density at radius 2 is 2.20 bits per heavy atom. The Morgan fingerprint density at radius 3 is 2.75 bits per heavy atom. The lowest BCUT2D eigenvalue weighted by Gasteiger charge is -2.31. The van der Waals surface area contributed by atoms with Crippen LogP contribution in [0.4, 0.5) is 0 Å². The van der Waals surface area contributed by atoms with E-state index in [1.807, 2.05) is 0 Å². The fraction of sp³-hybridized carbons (Fsp3) is 0.824. The summed E-state index contributed by atoms with van der Waals surface area (Å²) in [6, 6.07) is 2.95. The van der Waals surface area contributed by atoms with Gasteiger partial charge in [-0.1, -0.05) is 20.3 Å². The highest BCUT2D eigenvalue weighted by atomic mass is 15.3. The fourth-order valence-electron chi connectivity index (χ4n) is 4.58. The summed E-state index contributed by atoms with van der Waals surface area (Å²) in [4.78, 5) is 0. The van der Waals surface area contributed by atoms with Crippen LogP contribution in [0, 0.1) is 17.8 Å². The summed E-state index contributed by atoms with van der Waals surface area (Å²) in [7, 11) is 2.10. The number of nitrogens with zero attached hydrogens (tertiary/aromatic N) is 2. The lowest BCUT2D eigenvalue weighted by atomic mass is 9.81. The Morgan fingerprint density at radius 1 is 1.35 bits per heavy atom. The van der Waals surface area contributed by atoms with E-state index in [-0.39, 0.29) is 0 Å². The van der Waals surface area contributed by atoms with Crippen molar-refractivity contribution >= 4 is 0 Å². The molecule has 2 fully saturated rings. The highest BCUT2D eigenvalue weighted by Crippen LogP contribution is 2.49. The summed E-state index contributed by atoms with van der Waals surface area (Å²) in [6.45, 7) is 5.50. The SMILES string of the molecule is CCNC(Cc1cc(CC)nn1C)C1CC2CCC1C2. The van der Waals surface area contributed by atoms with Crippen LogP contribution in [-0.4, -0.2) is 22.4 Å². The normalized spacial score (nSPS) is 30.1. The van der Waals surface area contributed by atoms with Crippen molar-refractivity contribution in [3.8, 4) is 0 Å². The maximum absolute atomic E-state index is 4.61. The van der Waals surface area contributed by atoms with E-state index in [4.69, 9.17) is 0 Å². The van der Waals surface area contributed by atoms with E-state index in [9.17, 15) is 0 Å². The van der Waals surface area contributed by atoms with Crippen molar-refractivity contribution in [3.05, 3.63) is 17.5 Å². The molecule has 0 aliphatic heterocycles. The summed E-state index contributed by atoms with van der Waals surface area (Å²) in [5.41, 5.74) is 2.63. The third-order valence-electron chi connectivity index (χ3n) is 5.59. The summed E-state index contributed by atoms with van der Waals surface area (Å²) < 4.78 is 2.09. The van der Waals surface area contributed by atoms with Crippen molar-refractivity contribution in [2.24, 2.45) is 24.8 Å². The van der Waals surface area contributed by atoms with E-state index in [1.54, 1.807) is 0 Å². The Kier molecular flexibility index (Phi) is 4.16. The van der Waals surface area contributed by atoms with Gasteiger partial charge in [0.15, 0.2) is 0 Å². The van der Waals surface area contributed by atoms with Crippen LogP contribution in [0.25, 0.3) is 0 Å². The molecule has 3 nitrogen and oxygen atoms in total. The van der Waals surface area contributed by atoms with Crippen LogP contribution < -0.4 is 5.32 Å². The topological polar surface area (TPSA) is 29.9 Å². The second-order valence-electron chi connectivity index (χ2n) is 6.81. The van der Waals surface area contributed by atoms with Gasteiger partial charge in [0.2, 0.25) is 0 Å². The Hall–Kier alpha value is -0.830. The number of rotatable bonds is 6. The maximum atomic E-state index is 4.61. The highest BCUT2D eigenvalue weighted by molar-refractivity contribution is 5.12. The molecule has 2 bridgehead atoms. The van der Waals surface area contributed by atoms with Crippen LogP contribution in [0.1, 0.15) is 50.9 Å². The zero-order chi connectivity index (χ0) is 14.1. The minimum absolute atomic E-state index is 0.649. The van der Waals surface area contributed by atoms with Crippen LogP contribution in [0.2, 0.25) is 0 Å². The number of hydrogen-bond donors (Lipinski definition) is 1. The highest BCUT2D eigenvalue weighted by Gasteiger charge is 2.42. The standard InChI is InChI=1S/C17H29N3/c1-4-14-10-15(20(3)19-14)11-17(18-5-2)16-9-12-6-7-13(16)8-12/h10,12-13,16-18H,4-9,11H2,1-3H3. The quantitative estimate of drug-likeness (QED) is 0.865. The van der Waals surface area contributed by atoms with Gasteiger partial charge in [0.25, 0.3) is 0 Å². The molecule has 1 aromatic heterocycles. The molecule has 2 saturated carbocycles. The Balaban J connectivity index is 1.72. The van der Waals surface area contributed by atoms with Crippen LogP contribution in [0.3, 0.4) is 0 Å². The molecule has 1 heterocycles. The molecule has 3 heteroatoms. The molecule has 2 aliphatic carbocycles. The molecule has 4 atom stereocenters. The van der Waals surface area contributed by atoms with Crippen LogP contribution in [0.5, 0.6) is 0 Å². The number of hydrogen-bond acceptors (Lipinski definition) is 2. The molecule has 1 aromatic rings. The average molecular weight is 275 g/mol. The van der Waals surface area contributed by atoms with Gasteiger partial charge in [-0.25, -0.2) is 0 Å². The van der Waals surface area contributed by atoms with Gasteiger partial charge in [-0.15, -0.1) is 0 Å². The van der Waals surface area contributed by atoms with Crippen molar-refractivity contribution in [1.29, 1.82) is 0 Å². The minimum atomic E-state index is 0.649. The smallest absolute Gasteiger partial charge is 0.0624 e. The first kappa shape index (κ1) is 14.1. The van der Waals surface area contributed by atoms with E-state index in [0.29, 0.717) is 6.04 Å². The Labute approximate surface area is 123 Å². The monoisotopic (exact) mass is 275 g/mol. The van der Waals surface area contributed by atoms with E-state index in [0.717, 1.165) is 37.1 Å². The zero-order valence-corrected chi connectivity index (χ0v) is 13.2. The van der Waals surface area contributed by atoms with E-state index in [1.165, 1.54) is 37.1 Å². The predicted octanol–water partition coefficient (Wildman–Crippen LogP) is 2.94. The number of nitrogens with one attached hydrogen (secondary N) is 1. The van der Waals surface area contributed by atoms with E-state index < -0.39 is 0 Å². The molecule has 112 valence electrons. The molecule has 1 N–H and O–H groups in total. The first-order valence-electron chi connectivity index (χ1n) is 8.46. The van der Waals surface area contributed by atoms with Crippen molar-refractivity contribution in [1.82, 2.24) is 15.1 Å². The van der Waals surface area contributed by atoms with Crippen molar-refractivity contribution in [2.75, 3.05) is 6.54 Å². The van der Waals surface area contributed by atoms with Gasteiger partial charge in [0.05, 0.1) is 5.69 Å². The van der Waals surface area contributed by atoms with Gasteiger partial charge in [-0.05, 0) is 56.0 Å². The number of likely N-dealkylation sites (N-methyl/N-ethyl adjacent to an activating group) is 1. The van der Waals surface area contributed by atoms with Crippen LogP contribution in [0.15, 0.2) is 6.07 Å². The molecule has 0 saturated heterocycles. The Bertz CT molecular complexity index is 451. The molecule has 2 aliphatic rings. The molecular formula is C17H29N3. The predicted molar refractivity (Wildman–Crippen MR) is 82.7 cm³/mol. The molecule has 0 aromatic carbocycles. The molecular weight excluding hydrogens is 246 g/mol. The molecule has 0 amide bonds. The summed E-state index contributed by atoms with van der Waals surface area (Å²) in [5, 5.41) is 8.38. The van der Waals surface area contributed by atoms with E-state index in [2.05, 4.69) is 42.1 Å². The van der Waals surface area contributed by atoms with Crippen LogP contribution in [-0.2, 0) is 19.9 Å². The third kappa shape index (κ3) is 2.65. The zero-order valence-electron chi connectivity index (χ0n) is 13.2. The summed E-state index contributed by atoms with van der Waals surface area (Å²) in [5.74, 6) is 2.92. The fourth-order valence-corrected chi connectivity index (χ4v) is 4.58. The second-order valence-corrected chi connectivity index (χ2v) is 6.81. The number of aromatic nitrogens is 2. The number of aryl methyl sites for hydroxylation is 2. The maximum Gasteiger partial charge on any atom is 0.0624 e. The largest absolute Gasteiger partial charge is 0.314 e. The molecule has 0 radical (unpaired) electrons. The van der Waals surface area contributed by atoms with Crippen molar-refractivity contribution in [3.63, 3.8) is 0 Å².